The second-order valence-electron chi connectivity index (χ2n) is 7.55. The summed E-state index contributed by atoms with van der Waals surface area (Å²) in [5.41, 5.74) is 1.26. The molecule has 0 saturated heterocycles. The Bertz CT molecular complexity index is 678. The fraction of sp³-hybridized carbons (Fsp3) is 0.684. The van der Waals surface area contributed by atoms with Gasteiger partial charge in [-0.05, 0) is 42.7 Å². The van der Waals surface area contributed by atoms with E-state index in [4.69, 9.17) is 5.11 Å². The molecule has 1 atom stereocenters. The van der Waals surface area contributed by atoms with Crippen molar-refractivity contribution in [3.63, 3.8) is 0 Å². The SMILES string of the molecule is CN(CCO)S(=O)(=O)c1ccccc1CNC1CCCC12CCCC2. The Hall–Kier alpha value is -0.950. The molecule has 0 aromatic heterocycles. The van der Waals surface area contributed by atoms with Crippen LogP contribution in [0.5, 0.6) is 0 Å². The van der Waals surface area contributed by atoms with Crippen molar-refractivity contribution in [2.24, 2.45) is 5.41 Å². The van der Waals surface area contributed by atoms with Gasteiger partial charge in [-0.1, -0.05) is 37.5 Å². The van der Waals surface area contributed by atoms with Gasteiger partial charge < -0.3 is 10.4 Å². The molecular formula is C19H30N2O3S. The predicted octanol–water partition coefficient (Wildman–Crippen LogP) is 2.50. The molecule has 1 unspecified atom stereocenters. The van der Waals surface area contributed by atoms with E-state index >= 15 is 0 Å². The second-order valence-corrected chi connectivity index (χ2v) is 9.57. The number of hydrogen-bond acceptors (Lipinski definition) is 4. The predicted molar refractivity (Wildman–Crippen MR) is 98.7 cm³/mol. The molecule has 25 heavy (non-hydrogen) atoms. The van der Waals surface area contributed by atoms with E-state index < -0.39 is 10.0 Å². The molecule has 6 heteroatoms. The molecule has 0 radical (unpaired) electrons. The number of nitrogens with zero attached hydrogens (tertiary/aromatic N) is 1. The van der Waals surface area contributed by atoms with Crippen molar-refractivity contribution in [1.82, 2.24) is 9.62 Å². The number of sulfonamides is 1. The number of benzene rings is 1. The van der Waals surface area contributed by atoms with E-state index in [1.807, 2.05) is 12.1 Å². The molecule has 0 bridgehead atoms. The Kier molecular flexibility index (Phi) is 5.83. The summed E-state index contributed by atoms with van der Waals surface area (Å²) in [5, 5.41) is 12.7. The van der Waals surface area contributed by atoms with Gasteiger partial charge in [0.15, 0.2) is 0 Å². The molecule has 2 saturated carbocycles. The number of rotatable bonds is 7. The topological polar surface area (TPSA) is 69.6 Å². The minimum atomic E-state index is -3.57. The number of hydrogen-bond donors (Lipinski definition) is 2. The van der Waals surface area contributed by atoms with Crippen LogP contribution in [0, 0.1) is 5.41 Å². The molecule has 2 aliphatic rings. The van der Waals surface area contributed by atoms with Crippen LogP contribution in [-0.4, -0.2) is 44.1 Å². The molecule has 0 amide bonds. The van der Waals surface area contributed by atoms with Gasteiger partial charge in [-0.3, -0.25) is 0 Å². The maximum Gasteiger partial charge on any atom is 0.243 e. The highest BCUT2D eigenvalue weighted by atomic mass is 32.2. The third-order valence-corrected chi connectivity index (χ3v) is 8.08. The van der Waals surface area contributed by atoms with Gasteiger partial charge in [-0.15, -0.1) is 0 Å². The fourth-order valence-corrected chi connectivity index (χ4v) is 6.08. The van der Waals surface area contributed by atoms with Crippen LogP contribution in [0.4, 0.5) is 0 Å². The number of aliphatic hydroxyl groups excluding tert-OH is 1. The molecule has 2 N–H and O–H groups in total. The molecule has 0 heterocycles. The smallest absolute Gasteiger partial charge is 0.243 e. The molecule has 3 rings (SSSR count). The summed E-state index contributed by atoms with van der Waals surface area (Å²) in [4.78, 5) is 0.344. The van der Waals surface area contributed by atoms with E-state index in [-0.39, 0.29) is 13.2 Å². The summed E-state index contributed by atoms with van der Waals surface area (Å²) in [6.07, 6.45) is 9.05. The third-order valence-electron chi connectivity index (χ3n) is 6.12. The summed E-state index contributed by atoms with van der Waals surface area (Å²) >= 11 is 0. The lowest BCUT2D eigenvalue weighted by atomic mass is 9.81. The van der Waals surface area contributed by atoms with Gasteiger partial charge in [0.25, 0.3) is 0 Å². The van der Waals surface area contributed by atoms with E-state index in [0.717, 1.165) is 5.56 Å². The van der Waals surface area contributed by atoms with Gasteiger partial charge in [0.05, 0.1) is 11.5 Å². The van der Waals surface area contributed by atoms with Crippen LogP contribution in [0.2, 0.25) is 0 Å². The summed E-state index contributed by atoms with van der Waals surface area (Å²) in [6.45, 7) is 0.505. The Balaban J connectivity index is 1.75. The largest absolute Gasteiger partial charge is 0.395 e. The number of likely N-dealkylation sites (N-methyl/N-ethyl adjacent to an activating group) is 1. The third kappa shape index (κ3) is 3.77. The first-order valence-electron chi connectivity index (χ1n) is 9.38. The lowest BCUT2D eigenvalue weighted by molar-refractivity contribution is 0.230. The highest BCUT2D eigenvalue weighted by molar-refractivity contribution is 7.89. The standard InChI is InChI=1S/C19H30N2O3S/c1-21(13-14-22)25(23,24)17-8-3-2-7-16(17)15-20-18-9-6-12-19(18)10-4-5-11-19/h2-3,7-8,18,20,22H,4-6,9-15H2,1H3. The zero-order chi connectivity index (χ0) is 17.9. The van der Waals surface area contributed by atoms with Gasteiger partial charge in [-0.2, -0.15) is 4.31 Å². The van der Waals surface area contributed by atoms with Crippen LogP contribution in [0.1, 0.15) is 50.5 Å². The van der Waals surface area contributed by atoms with Crippen molar-refractivity contribution in [2.45, 2.75) is 62.4 Å². The minimum absolute atomic E-state index is 0.107. The van der Waals surface area contributed by atoms with Gasteiger partial charge in [0.2, 0.25) is 10.0 Å². The van der Waals surface area contributed by atoms with Gasteiger partial charge in [-0.25, -0.2) is 8.42 Å². The second kappa shape index (κ2) is 7.74. The van der Waals surface area contributed by atoms with E-state index in [1.54, 1.807) is 12.1 Å². The maximum atomic E-state index is 12.8. The normalized spacial score (nSPS) is 22.9. The van der Waals surface area contributed by atoms with Crippen molar-refractivity contribution in [1.29, 1.82) is 0 Å². The zero-order valence-corrected chi connectivity index (χ0v) is 15.9. The fourth-order valence-electron chi connectivity index (χ4n) is 4.70. The molecular weight excluding hydrogens is 336 g/mol. The van der Waals surface area contributed by atoms with Crippen LogP contribution in [0.3, 0.4) is 0 Å². The van der Waals surface area contributed by atoms with E-state index in [9.17, 15) is 8.42 Å². The van der Waals surface area contributed by atoms with Crippen molar-refractivity contribution >= 4 is 10.0 Å². The first kappa shape index (κ1) is 18.8. The number of nitrogens with one attached hydrogen (secondary N) is 1. The molecule has 1 aromatic rings. The van der Waals surface area contributed by atoms with Crippen LogP contribution in [-0.2, 0) is 16.6 Å². The van der Waals surface area contributed by atoms with Crippen LogP contribution >= 0.6 is 0 Å². The lowest BCUT2D eigenvalue weighted by Gasteiger charge is -2.32. The monoisotopic (exact) mass is 366 g/mol. The molecule has 0 aliphatic heterocycles. The zero-order valence-electron chi connectivity index (χ0n) is 15.1. The molecule has 140 valence electrons. The first-order chi connectivity index (χ1) is 12.0. The maximum absolute atomic E-state index is 12.8. The average molecular weight is 367 g/mol. The highest BCUT2D eigenvalue weighted by Crippen LogP contribution is 2.50. The Morgan fingerprint density at radius 1 is 1.20 bits per heavy atom. The average Bonchev–Trinajstić information content (AvgIpc) is 3.24. The van der Waals surface area contributed by atoms with Gasteiger partial charge in [0.1, 0.15) is 0 Å². The van der Waals surface area contributed by atoms with Gasteiger partial charge in [0, 0.05) is 26.2 Å². The molecule has 1 aromatic carbocycles. The summed E-state index contributed by atoms with van der Waals surface area (Å²) < 4.78 is 26.8. The molecule has 1 spiro atoms. The number of aliphatic hydroxyl groups is 1. The summed E-state index contributed by atoms with van der Waals surface area (Å²) in [7, 11) is -2.06. The van der Waals surface area contributed by atoms with Crippen molar-refractivity contribution in [2.75, 3.05) is 20.2 Å². The first-order valence-corrected chi connectivity index (χ1v) is 10.8. The lowest BCUT2D eigenvalue weighted by Crippen LogP contribution is -2.39. The Morgan fingerprint density at radius 3 is 2.60 bits per heavy atom. The van der Waals surface area contributed by atoms with Crippen LogP contribution in [0.25, 0.3) is 0 Å². The minimum Gasteiger partial charge on any atom is -0.395 e. The summed E-state index contributed by atoms with van der Waals surface area (Å²) in [5.74, 6) is 0. The highest BCUT2D eigenvalue weighted by Gasteiger charge is 2.44. The summed E-state index contributed by atoms with van der Waals surface area (Å²) in [6, 6.07) is 7.71. The van der Waals surface area contributed by atoms with E-state index in [1.165, 1.54) is 56.3 Å². The quantitative estimate of drug-likeness (QED) is 0.778. The Morgan fingerprint density at radius 2 is 1.88 bits per heavy atom. The van der Waals surface area contributed by atoms with Crippen molar-refractivity contribution < 1.29 is 13.5 Å². The molecule has 2 fully saturated rings. The molecule has 2 aliphatic carbocycles. The Labute approximate surface area is 151 Å². The molecule has 5 nitrogen and oxygen atoms in total. The van der Waals surface area contributed by atoms with Crippen LogP contribution < -0.4 is 5.32 Å². The van der Waals surface area contributed by atoms with Crippen LogP contribution in [0.15, 0.2) is 29.2 Å². The van der Waals surface area contributed by atoms with E-state index in [2.05, 4.69) is 5.32 Å². The van der Waals surface area contributed by atoms with Crippen molar-refractivity contribution in [3.05, 3.63) is 29.8 Å². The van der Waals surface area contributed by atoms with E-state index in [0.29, 0.717) is 22.9 Å². The van der Waals surface area contributed by atoms with Gasteiger partial charge >= 0.3 is 0 Å². The van der Waals surface area contributed by atoms with Crippen molar-refractivity contribution in [3.8, 4) is 0 Å².